The van der Waals surface area contributed by atoms with Crippen LogP contribution in [-0.2, 0) is 0 Å². The molecule has 0 saturated carbocycles. The molecule has 0 fully saturated rings. The van der Waals surface area contributed by atoms with Crippen LogP contribution in [0.2, 0.25) is 0 Å². The number of aromatic nitrogens is 4. The van der Waals surface area contributed by atoms with Crippen molar-refractivity contribution in [3.63, 3.8) is 0 Å². The largest absolute Gasteiger partial charge is 0.234 e. The molecule has 8 heteroatoms. The van der Waals surface area contributed by atoms with Gasteiger partial charge in [-0.3, -0.25) is 0 Å². The first-order valence-corrected chi connectivity index (χ1v) is 6.66. The van der Waals surface area contributed by atoms with Gasteiger partial charge in [-0.1, -0.05) is 25.2 Å². The van der Waals surface area contributed by atoms with Crippen molar-refractivity contribution in [3.05, 3.63) is 35.4 Å². The maximum atomic E-state index is 13.2. The number of halogens is 3. The summed E-state index contributed by atoms with van der Waals surface area (Å²) < 4.78 is 41.0. The van der Waals surface area contributed by atoms with Gasteiger partial charge in [0.25, 0.3) is 0 Å². The van der Waals surface area contributed by atoms with E-state index in [0.717, 1.165) is 23.5 Å². The number of rotatable bonds is 2. The Labute approximate surface area is 115 Å². The fraction of sp³-hybridized carbons (Fsp3) is 0.250. The highest BCUT2D eigenvalue weighted by Gasteiger charge is 2.18. The third kappa shape index (κ3) is 1.96. The average molecular weight is 298 g/mol. The second-order valence-corrected chi connectivity index (χ2v) is 5.52. The van der Waals surface area contributed by atoms with Gasteiger partial charge < -0.3 is 0 Å². The van der Waals surface area contributed by atoms with Gasteiger partial charge in [-0.25, -0.2) is 13.2 Å². The Balaban J connectivity index is 2.15. The summed E-state index contributed by atoms with van der Waals surface area (Å²) in [4.78, 5) is 0.522. The van der Waals surface area contributed by atoms with E-state index in [4.69, 9.17) is 0 Å². The molecule has 0 unspecified atom stereocenters. The van der Waals surface area contributed by atoms with Crippen LogP contribution >= 0.6 is 11.3 Å². The van der Waals surface area contributed by atoms with E-state index in [-0.39, 0.29) is 11.5 Å². The van der Waals surface area contributed by atoms with Crippen LogP contribution in [-0.4, -0.2) is 19.8 Å². The maximum Gasteiger partial charge on any atom is 0.234 e. The van der Waals surface area contributed by atoms with Crippen molar-refractivity contribution >= 4 is 16.3 Å². The van der Waals surface area contributed by atoms with Gasteiger partial charge in [0.2, 0.25) is 4.96 Å². The van der Waals surface area contributed by atoms with E-state index >= 15 is 0 Å². The number of hydrogen-bond acceptors (Lipinski definition) is 4. The molecule has 0 aliphatic rings. The van der Waals surface area contributed by atoms with Crippen LogP contribution in [0.15, 0.2) is 12.1 Å². The van der Waals surface area contributed by atoms with Crippen LogP contribution in [0, 0.1) is 17.5 Å². The molecule has 0 amide bonds. The number of fused-ring (bicyclic) bond motifs is 1. The van der Waals surface area contributed by atoms with Crippen molar-refractivity contribution in [2.45, 2.75) is 19.8 Å². The Hall–Kier alpha value is -1.96. The molecule has 0 aliphatic carbocycles. The summed E-state index contributed by atoms with van der Waals surface area (Å²) >= 11 is 1.13. The van der Waals surface area contributed by atoms with Crippen LogP contribution in [0.25, 0.3) is 15.5 Å². The van der Waals surface area contributed by atoms with E-state index in [1.165, 1.54) is 4.52 Å². The average Bonchev–Trinajstić information content (AvgIpc) is 2.94. The monoisotopic (exact) mass is 298 g/mol. The van der Waals surface area contributed by atoms with Crippen LogP contribution in [0.3, 0.4) is 0 Å². The fourth-order valence-electron chi connectivity index (χ4n) is 1.79. The van der Waals surface area contributed by atoms with Crippen molar-refractivity contribution in [1.29, 1.82) is 0 Å². The Morgan fingerprint density at radius 2 is 1.75 bits per heavy atom. The van der Waals surface area contributed by atoms with E-state index in [0.29, 0.717) is 15.8 Å². The van der Waals surface area contributed by atoms with Gasteiger partial charge in [0.1, 0.15) is 5.01 Å². The van der Waals surface area contributed by atoms with Gasteiger partial charge in [0, 0.05) is 11.5 Å². The van der Waals surface area contributed by atoms with E-state index < -0.39 is 17.5 Å². The number of nitrogens with zero attached hydrogens (tertiary/aromatic N) is 4. The van der Waals surface area contributed by atoms with Crippen molar-refractivity contribution < 1.29 is 13.2 Å². The smallest absolute Gasteiger partial charge is 0.204 e. The molecule has 2 aromatic heterocycles. The van der Waals surface area contributed by atoms with Crippen LogP contribution in [0.1, 0.15) is 25.6 Å². The summed E-state index contributed by atoms with van der Waals surface area (Å²) in [6, 6.07) is 1.83. The molecule has 2 heterocycles. The summed E-state index contributed by atoms with van der Waals surface area (Å²) in [5.74, 6) is -3.20. The molecule has 0 spiro atoms. The molecule has 0 saturated heterocycles. The number of hydrogen-bond donors (Lipinski definition) is 0. The standard InChI is InChI=1S/C12H9F3N4S/c1-5(2)10-16-17-12-19(10)18-11(20-12)6-3-7(13)9(15)8(14)4-6/h3-5H,1-2H3. The molecule has 4 nitrogen and oxygen atoms in total. The molecule has 1 aromatic carbocycles. The molecule has 0 atom stereocenters. The van der Waals surface area contributed by atoms with E-state index in [1.807, 2.05) is 13.8 Å². The Morgan fingerprint density at radius 1 is 1.10 bits per heavy atom. The zero-order chi connectivity index (χ0) is 14.4. The van der Waals surface area contributed by atoms with Gasteiger partial charge in [-0.05, 0) is 12.1 Å². The van der Waals surface area contributed by atoms with Crippen LogP contribution < -0.4 is 0 Å². The Bertz CT molecular complexity index is 770. The zero-order valence-electron chi connectivity index (χ0n) is 10.6. The molecule has 0 bridgehead atoms. The minimum absolute atomic E-state index is 0.113. The molecule has 104 valence electrons. The molecular weight excluding hydrogens is 289 g/mol. The van der Waals surface area contributed by atoms with E-state index in [9.17, 15) is 13.2 Å². The summed E-state index contributed by atoms with van der Waals surface area (Å²) in [7, 11) is 0. The molecular formula is C12H9F3N4S. The fourth-order valence-corrected chi connectivity index (χ4v) is 2.62. The first kappa shape index (κ1) is 13.0. The topological polar surface area (TPSA) is 43.1 Å². The summed E-state index contributed by atoms with van der Waals surface area (Å²) in [5, 5.41) is 12.5. The minimum Gasteiger partial charge on any atom is -0.204 e. The van der Waals surface area contributed by atoms with Crippen molar-refractivity contribution in [3.8, 4) is 10.6 Å². The lowest BCUT2D eigenvalue weighted by Crippen LogP contribution is -1.98. The molecule has 0 aliphatic heterocycles. The molecule has 0 N–H and O–H groups in total. The third-order valence-corrected chi connectivity index (χ3v) is 3.71. The highest BCUT2D eigenvalue weighted by molar-refractivity contribution is 7.19. The third-order valence-electron chi connectivity index (χ3n) is 2.76. The second-order valence-electron chi connectivity index (χ2n) is 4.57. The van der Waals surface area contributed by atoms with Crippen molar-refractivity contribution in [1.82, 2.24) is 19.8 Å². The van der Waals surface area contributed by atoms with Crippen molar-refractivity contribution in [2.24, 2.45) is 0 Å². The minimum atomic E-state index is -1.49. The zero-order valence-corrected chi connectivity index (χ0v) is 11.4. The van der Waals surface area contributed by atoms with Crippen LogP contribution in [0.4, 0.5) is 13.2 Å². The van der Waals surface area contributed by atoms with Crippen LogP contribution in [0.5, 0.6) is 0 Å². The lowest BCUT2D eigenvalue weighted by Gasteiger charge is -2.00. The van der Waals surface area contributed by atoms with Gasteiger partial charge >= 0.3 is 0 Å². The van der Waals surface area contributed by atoms with E-state index in [1.54, 1.807) is 0 Å². The Kier molecular flexibility index (Phi) is 2.97. The normalized spacial score (nSPS) is 11.7. The molecule has 3 aromatic rings. The lowest BCUT2D eigenvalue weighted by atomic mass is 10.2. The predicted octanol–water partition coefficient (Wildman–Crippen LogP) is 3.39. The van der Waals surface area contributed by atoms with Gasteiger partial charge in [0.05, 0.1) is 0 Å². The highest BCUT2D eigenvalue weighted by atomic mass is 32.1. The van der Waals surface area contributed by atoms with Crippen molar-refractivity contribution in [2.75, 3.05) is 0 Å². The predicted molar refractivity (Wildman–Crippen MR) is 68.1 cm³/mol. The SMILES string of the molecule is CC(C)c1nnc2sc(-c3cc(F)c(F)c(F)c3)nn12. The first-order valence-electron chi connectivity index (χ1n) is 5.84. The first-order chi connectivity index (χ1) is 9.47. The maximum absolute atomic E-state index is 13.2. The second kappa shape index (κ2) is 4.55. The Morgan fingerprint density at radius 3 is 2.35 bits per heavy atom. The summed E-state index contributed by atoms with van der Waals surface area (Å²) in [6.07, 6.45) is 0. The summed E-state index contributed by atoms with van der Waals surface area (Å²) in [6.45, 7) is 3.87. The quantitative estimate of drug-likeness (QED) is 0.681. The number of benzene rings is 1. The molecule has 0 radical (unpaired) electrons. The lowest BCUT2D eigenvalue weighted by molar-refractivity contribution is 0.447. The van der Waals surface area contributed by atoms with E-state index in [2.05, 4.69) is 15.3 Å². The summed E-state index contributed by atoms with van der Waals surface area (Å²) in [5.41, 5.74) is 0.173. The highest BCUT2D eigenvalue weighted by Crippen LogP contribution is 2.28. The van der Waals surface area contributed by atoms with Gasteiger partial charge in [-0.15, -0.1) is 10.2 Å². The molecule has 20 heavy (non-hydrogen) atoms. The van der Waals surface area contributed by atoms with Gasteiger partial charge in [-0.2, -0.15) is 9.61 Å². The molecule has 3 rings (SSSR count). The van der Waals surface area contributed by atoms with Gasteiger partial charge in [0.15, 0.2) is 23.3 Å².